The second kappa shape index (κ2) is 4.64. The normalized spacial score (nSPS) is 13.3. The lowest BCUT2D eigenvalue weighted by Crippen LogP contribution is -2.42. The van der Waals surface area contributed by atoms with Crippen LogP contribution in [0.1, 0.15) is 38.1 Å². The lowest BCUT2D eigenvalue weighted by atomic mass is 9.87. The average molecular weight is 220 g/mol. The van der Waals surface area contributed by atoms with Crippen LogP contribution in [0.3, 0.4) is 0 Å². The van der Waals surface area contributed by atoms with Gasteiger partial charge in [0, 0.05) is 31.0 Å². The van der Waals surface area contributed by atoms with Gasteiger partial charge in [0.2, 0.25) is 0 Å². The zero-order chi connectivity index (χ0) is 12.3. The minimum atomic E-state index is 0.0461. The Kier molecular flexibility index (Phi) is 3.68. The summed E-state index contributed by atoms with van der Waals surface area (Å²) in [5, 5.41) is 0. The molecule has 1 aromatic rings. The first-order chi connectivity index (χ1) is 7.34. The highest BCUT2D eigenvalue weighted by atomic mass is 16.2. The van der Waals surface area contributed by atoms with E-state index in [-0.39, 0.29) is 17.4 Å². The van der Waals surface area contributed by atoms with Crippen molar-refractivity contribution in [1.29, 1.82) is 0 Å². The first kappa shape index (κ1) is 12.7. The highest BCUT2D eigenvalue weighted by molar-refractivity contribution is 5.94. The Bertz CT molecular complexity index is 354. The summed E-state index contributed by atoms with van der Waals surface area (Å²) in [4.78, 5) is 17.8. The van der Waals surface area contributed by atoms with Crippen molar-refractivity contribution in [2.75, 3.05) is 7.05 Å². The lowest BCUT2D eigenvalue weighted by molar-refractivity contribution is 0.0629. The van der Waals surface area contributed by atoms with Crippen LogP contribution in [0.4, 0.5) is 0 Å². The minimum absolute atomic E-state index is 0.0461. The van der Waals surface area contributed by atoms with Gasteiger partial charge in [-0.1, -0.05) is 20.8 Å². The molecule has 0 aromatic carbocycles. The minimum Gasteiger partial charge on any atom is -0.338 e. The molecule has 0 saturated heterocycles. The van der Waals surface area contributed by atoms with E-state index in [4.69, 9.17) is 0 Å². The summed E-state index contributed by atoms with van der Waals surface area (Å²) in [5.41, 5.74) is 0.769. The van der Waals surface area contributed by atoms with Gasteiger partial charge >= 0.3 is 0 Å². The molecule has 0 aliphatic rings. The van der Waals surface area contributed by atoms with Crippen LogP contribution in [0.5, 0.6) is 0 Å². The number of hydrogen-bond acceptors (Lipinski definition) is 2. The summed E-state index contributed by atoms with van der Waals surface area (Å²) in [6.07, 6.45) is 3.28. The number of carbonyl (C=O) groups is 1. The van der Waals surface area contributed by atoms with E-state index < -0.39 is 0 Å². The van der Waals surface area contributed by atoms with E-state index in [9.17, 15) is 4.79 Å². The number of pyridine rings is 1. The molecule has 0 unspecified atom stereocenters. The summed E-state index contributed by atoms with van der Waals surface area (Å²) < 4.78 is 0. The molecule has 3 heteroatoms. The van der Waals surface area contributed by atoms with E-state index in [1.54, 1.807) is 29.4 Å². The smallest absolute Gasteiger partial charge is 0.253 e. The molecular formula is C13H20N2O. The van der Waals surface area contributed by atoms with Gasteiger partial charge in [0.1, 0.15) is 0 Å². The maximum atomic E-state index is 12.1. The zero-order valence-electron chi connectivity index (χ0n) is 10.7. The molecule has 88 valence electrons. The Morgan fingerprint density at radius 2 is 1.81 bits per heavy atom. The number of hydrogen-bond donors (Lipinski definition) is 0. The van der Waals surface area contributed by atoms with Crippen molar-refractivity contribution in [3.63, 3.8) is 0 Å². The average Bonchev–Trinajstić information content (AvgIpc) is 2.26. The van der Waals surface area contributed by atoms with E-state index in [1.165, 1.54) is 0 Å². The van der Waals surface area contributed by atoms with Crippen molar-refractivity contribution in [2.24, 2.45) is 5.41 Å². The highest BCUT2D eigenvalue weighted by Gasteiger charge is 2.27. The molecule has 0 bridgehead atoms. The Labute approximate surface area is 97.5 Å². The van der Waals surface area contributed by atoms with Crippen molar-refractivity contribution in [1.82, 2.24) is 9.88 Å². The predicted octanol–water partition coefficient (Wildman–Crippen LogP) is 2.59. The van der Waals surface area contributed by atoms with Crippen molar-refractivity contribution in [3.05, 3.63) is 30.1 Å². The number of nitrogens with zero attached hydrogens (tertiary/aromatic N) is 2. The van der Waals surface area contributed by atoms with Gasteiger partial charge in [0.25, 0.3) is 5.91 Å². The highest BCUT2D eigenvalue weighted by Crippen LogP contribution is 2.23. The third-order valence-corrected chi connectivity index (χ3v) is 3.08. The van der Waals surface area contributed by atoms with Crippen LogP contribution in [0.15, 0.2) is 24.5 Å². The van der Waals surface area contributed by atoms with Gasteiger partial charge in [-0.2, -0.15) is 0 Å². The van der Waals surface area contributed by atoms with E-state index in [1.807, 2.05) is 7.05 Å². The number of amides is 1. The fourth-order valence-electron chi connectivity index (χ4n) is 1.45. The summed E-state index contributed by atoms with van der Waals surface area (Å²) in [6, 6.07) is 3.68. The number of rotatable bonds is 2. The van der Waals surface area contributed by atoms with Crippen molar-refractivity contribution < 1.29 is 4.79 Å². The van der Waals surface area contributed by atoms with Crippen LogP contribution >= 0.6 is 0 Å². The molecule has 1 rings (SSSR count). The Morgan fingerprint density at radius 1 is 1.31 bits per heavy atom. The van der Waals surface area contributed by atoms with Crippen molar-refractivity contribution in [3.8, 4) is 0 Å². The summed E-state index contributed by atoms with van der Waals surface area (Å²) in [5.74, 6) is 0.0461. The zero-order valence-corrected chi connectivity index (χ0v) is 10.7. The molecule has 0 fully saturated rings. The molecule has 3 nitrogen and oxygen atoms in total. The van der Waals surface area contributed by atoms with Crippen LogP contribution in [0.2, 0.25) is 0 Å². The molecule has 0 aliphatic heterocycles. The van der Waals surface area contributed by atoms with Crippen LogP contribution in [0.25, 0.3) is 0 Å². The second-order valence-corrected chi connectivity index (χ2v) is 5.19. The SMILES string of the molecule is C[C@H](N(C)C(=O)c1ccncc1)C(C)(C)C. The second-order valence-electron chi connectivity index (χ2n) is 5.19. The van der Waals surface area contributed by atoms with Gasteiger partial charge in [0.15, 0.2) is 0 Å². The summed E-state index contributed by atoms with van der Waals surface area (Å²) >= 11 is 0. The van der Waals surface area contributed by atoms with Gasteiger partial charge in [0.05, 0.1) is 0 Å². The summed E-state index contributed by atoms with van der Waals surface area (Å²) in [6.45, 7) is 8.47. The van der Waals surface area contributed by atoms with Gasteiger partial charge in [-0.3, -0.25) is 9.78 Å². The van der Waals surface area contributed by atoms with E-state index in [2.05, 4.69) is 32.7 Å². The lowest BCUT2D eigenvalue weighted by Gasteiger charge is -2.35. The topological polar surface area (TPSA) is 33.2 Å². The third kappa shape index (κ3) is 2.81. The standard InChI is InChI=1S/C13H20N2O/c1-10(13(2,3)4)15(5)12(16)11-6-8-14-9-7-11/h6-10H,1-5H3/t10-/m0/s1. The fourth-order valence-corrected chi connectivity index (χ4v) is 1.45. The van der Waals surface area contributed by atoms with E-state index >= 15 is 0 Å². The van der Waals surface area contributed by atoms with Crippen molar-refractivity contribution >= 4 is 5.91 Å². The Hall–Kier alpha value is -1.38. The predicted molar refractivity (Wildman–Crippen MR) is 65.2 cm³/mol. The van der Waals surface area contributed by atoms with Crippen LogP contribution in [0, 0.1) is 5.41 Å². The Morgan fingerprint density at radius 3 is 2.25 bits per heavy atom. The molecule has 0 saturated carbocycles. The molecule has 16 heavy (non-hydrogen) atoms. The largest absolute Gasteiger partial charge is 0.338 e. The Balaban J connectivity index is 2.84. The first-order valence-electron chi connectivity index (χ1n) is 5.51. The number of carbonyl (C=O) groups excluding carboxylic acids is 1. The molecule has 1 atom stereocenters. The monoisotopic (exact) mass is 220 g/mol. The van der Waals surface area contributed by atoms with Crippen LogP contribution in [-0.2, 0) is 0 Å². The van der Waals surface area contributed by atoms with Crippen LogP contribution < -0.4 is 0 Å². The van der Waals surface area contributed by atoms with Gasteiger partial charge in [-0.25, -0.2) is 0 Å². The molecule has 0 spiro atoms. The van der Waals surface area contributed by atoms with Gasteiger partial charge < -0.3 is 4.90 Å². The molecule has 1 amide bonds. The van der Waals surface area contributed by atoms with E-state index in [0.717, 1.165) is 0 Å². The van der Waals surface area contributed by atoms with E-state index in [0.29, 0.717) is 5.56 Å². The fraction of sp³-hybridized carbons (Fsp3) is 0.538. The number of aromatic nitrogens is 1. The molecule has 1 aromatic heterocycles. The maximum Gasteiger partial charge on any atom is 0.253 e. The first-order valence-corrected chi connectivity index (χ1v) is 5.51. The summed E-state index contributed by atoms with van der Waals surface area (Å²) in [7, 11) is 1.85. The molecular weight excluding hydrogens is 200 g/mol. The third-order valence-electron chi connectivity index (χ3n) is 3.08. The van der Waals surface area contributed by atoms with Crippen LogP contribution in [-0.4, -0.2) is 28.9 Å². The maximum absolute atomic E-state index is 12.1. The van der Waals surface area contributed by atoms with Gasteiger partial charge in [-0.15, -0.1) is 0 Å². The quantitative estimate of drug-likeness (QED) is 0.767. The molecule has 0 N–H and O–H groups in total. The van der Waals surface area contributed by atoms with Gasteiger partial charge in [-0.05, 0) is 24.5 Å². The van der Waals surface area contributed by atoms with Crippen molar-refractivity contribution in [2.45, 2.75) is 33.7 Å². The molecule has 1 heterocycles. The molecule has 0 radical (unpaired) electrons. The molecule has 0 aliphatic carbocycles.